The van der Waals surface area contributed by atoms with Crippen LogP contribution < -0.4 is 5.32 Å². The number of benzene rings is 1. The molecule has 0 heterocycles. The summed E-state index contributed by atoms with van der Waals surface area (Å²) in [7, 11) is 0.544. The molecule has 0 unspecified atom stereocenters. The predicted molar refractivity (Wildman–Crippen MR) is 92.7 cm³/mol. The van der Waals surface area contributed by atoms with Crippen LogP contribution in [0.4, 0.5) is 0 Å². The summed E-state index contributed by atoms with van der Waals surface area (Å²) in [5.74, 6) is -0.125. The van der Waals surface area contributed by atoms with Crippen molar-refractivity contribution in [2.45, 2.75) is 12.8 Å². The Kier molecular flexibility index (Phi) is 8.22. The fourth-order valence-corrected chi connectivity index (χ4v) is 2.92. The highest BCUT2D eigenvalue weighted by atomic mass is 32.2. The van der Waals surface area contributed by atoms with Crippen molar-refractivity contribution in [3.05, 3.63) is 35.9 Å². The van der Waals surface area contributed by atoms with Crippen molar-refractivity contribution in [2.75, 3.05) is 46.5 Å². The number of carbonyl (C=O) groups excluding carboxylic acids is 1. The van der Waals surface area contributed by atoms with E-state index in [4.69, 9.17) is 0 Å². The zero-order valence-corrected chi connectivity index (χ0v) is 15.0. The van der Waals surface area contributed by atoms with Crippen LogP contribution in [0, 0.1) is 0 Å². The molecule has 1 rings (SSSR count). The van der Waals surface area contributed by atoms with Crippen molar-refractivity contribution in [3.63, 3.8) is 0 Å². The zero-order valence-electron chi connectivity index (χ0n) is 14.2. The summed E-state index contributed by atoms with van der Waals surface area (Å²) in [6.45, 7) is 1.91. The average molecular weight is 341 g/mol. The summed E-state index contributed by atoms with van der Waals surface area (Å²) < 4.78 is 25.1. The normalized spacial score (nSPS) is 11.9. The largest absolute Gasteiger partial charge is 0.355 e. The van der Waals surface area contributed by atoms with Crippen LogP contribution in [0.25, 0.3) is 0 Å². The lowest BCUT2D eigenvalue weighted by molar-refractivity contribution is -0.121. The summed E-state index contributed by atoms with van der Waals surface area (Å²) in [4.78, 5) is 13.8. The third kappa shape index (κ3) is 8.68. The molecule has 0 aliphatic carbocycles. The highest BCUT2D eigenvalue weighted by Gasteiger charge is 2.17. The predicted octanol–water partition coefficient (Wildman–Crippen LogP) is 0.559. The first-order valence-corrected chi connectivity index (χ1v) is 9.54. The van der Waals surface area contributed by atoms with Gasteiger partial charge in [-0.2, -0.15) is 0 Å². The van der Waals surface area contributed by atoms with Gasteiger partial charge in [-0.05, 0) is 26.1 Å². The standard InChI is InChI=1S/C16H27N3O3S/c1-18(2)14-11-17-16(20)10-13-19(23(3,21)22)12-9-15-7-5-4-6-8-15/h4-8H,9-14H2,1-3H3,(H,17,20). The molecule has 7 heteroatoms. The number of sulfonamides is 1. The van der Waals surface area contributed by atoms with Crippen LogP contribution in [-0.4, -0.2) is 70.1 Å². The van der Waals surface area contributed by atoms with E-state index in [-0.39, 0.29) is 18.9 Å². The Hall–Kier alpha value is -1.44. The average Bonchev–Trinajstić information content (AvgIpc) is 2.46. The van der Waals surface area contributed by atoms with Crippen molar-refractivity contribution >= 4 is 15.9 Å². The molecule has 1 N–H and O–H groups in total. The van der Waals surface area contributed by atoms with Crippen molar-refractivity contribution < 1.29 is 13.2 Å². The van der Waals surface area contributed by atoms with E-state index < -0.39 is 10.0 Å². The van der Waals surface area contributed by atoms with Gasteiger partial charge < -0.3 is 10.2 Å². The van der Waals surface area contributed by atoms with Gasteiger partial charge >= 0.3 is 0 Å². The Labute approximate surface area is 139 Å². The molecule has 0 atom stereocenters. The van der Waals surface area contributed by atoms with Gasteiger partial charge in [0.25, 0.3) is 0 Å². The summed E-state index contributed by atoms with van der Waals surface area (Å²) >= 11 is 0. The maximum absolute atomic E-state index is 11.9. The van der Waals surface area contributed by atoms with Crippen LogP contribution in [0.1, 0.15) is 12.0 Å². The minimum atomic E-state index is -3.32. The van der Waals surface area contributed by atoms with Gasteiger partial charge in [-0.15, -0.1) is 0 Å². The summed E-state index contributed by atoms with van der Waals surface area (Å²) in [6.07, 6.45) is 1.99. The first-order chi connectivity index (χ1) is 10.8. The maximum atomic E-state index is 11.9. The van der Waals surface area contributed by atoms with Gasteiger partial charge in [0.2, 0.25) is 15.9 Å². The maximum Gasteiger partial charge on any atom is 0.221 e. The highest BCUT2D eigenvalue weighted by Crippen LogP contribution is 2.05. The number of amides is 1. The van der Waals surface area contributed by atoms with Gasteiger partial charge in [0, 0.05) is 32.6 Å². The topological polar surface area (TPSA) is 69.7 Å². The lowest BCUT2D eigenvalue weighted by atomic mass is 10.1. The number of hydrogen-bond donors (Lipinski definition) is 1. The molecule has 6 nitrogen and oxygen atoms in total. The molecule has 130 valence electrons. The Morgan fingerprint density at radius 2 is 1.74 bits per heavy atom. The molecular formula is C16H27N3O3S. The van der Waals surface area contributed by atoms with Crippen LogP contribution in [-0.2, 0) is 21.2 Å². The minimum Gasteiger partial charge on any atom is -0.355 e. The van der Waals surface area contributed by atoms with Gasteiger partial charge in [0.05, 0.1) is 6.26 Å². The van der Waals surface area contributed by atoms with E-state index in [0.29, 0.717) is 19.5 Å². The van der Waals surface area contributed by atoms with Crippen molar-refractivity contribution in [3.8, 4) is 0 Å². The lowest BCUT2D eigenvalue weighted by Gasteiger charge is -2.20. The molecule has 0 aromatic heterocycles. The molecule has 0 radical (unpaired) electrons. The zero-order chi connectivity index (χ0) is 17.3. The number of carbonyl (C=O) groups is 1. The van der Waals surface area contributed by atoms with Gasteiger partial charge in [0.1, 0.15) is 0 Å². The van der Waals surface area contributed by atoms with Crippen LogP contribution in [0.15, 0.2) is 30.3 Å². The van der Waals surface area contributed by atoms with E-state index in [9.17, 15) is 13.2 Å². The highest BCUT2D eigenvalue weighted by molar-refractivity contribution is 7.88. The van der Waals surface area contributed by atoms with Gasteiger partial charge in [0.15, 0.2) is 0 Å². The molecule has 1 amide bonds. The second-order valence-electron chi connectivity index (χ2n) is 5.80. The van der Waals surface area contributed by atoms with Gasteiger partial charge in [-0.1, -0.05) is 30.3 Å². The third-order valence-electron chi connectivity index (χ3n) is 3.43. The Morgan fingerprint density at radius 3 is 2.30 bits per heavy atom. The number of hydrogen-bond acceptors (Lipinski definition) is 4. The molecule has 0 aliphatic rings. The van der Waals surface area contributed by atoms with E-state index in [0.717, 1.165) is 12.1 Å². The number of nitrogens with zero attached hydrogens (tertiary/aromatic N) is 2. The second kappa shape index (κ2) is 9.64. The van der Waals surface area contributed by atoms with Crippen molar-refractivity contribution in [2.24, 2.45) is 0 Å². The van der Waals surface area contributed by atoms with Gasteiger partial charge in [-0.3, -0.25) is 4.79 Å². The van der Waals surface area contributed by atoms with E-state index in [1.165, 1.54) is 10.6 Å². The van der Waals surface area contributed by atoms with Crippen molar-refractivity contribution in [1.82, 2.24) is 14.5 Å². The summed E-state index contributed by atoms with van der Waals surface area (Å²) in [6, 6.07) is 9.72. The summed E-state index contributed by atoms with van der Waals surface area (Å²) in [5.41, 5.74) is 1.08. The lowest BCUT2D eigenvalue weighted by Crippen LogP contribution is -2.37. The van der Waals surface area contributed by atoms with Gasteiger partial charge in [-0.25, -0.2) is 12.7 Å². The quantitative estimate of drug-likeness (QED) is 0.675. The van der Waals surface area contributed by atoms with Crippen molar-refractivity contribution in [1.29, 1.82) is 0 Å². The molecule has 0 bridgehead atoms. The Bertz CT molecular complexity index is 573. The fraction of sp³-hybridized carbons (Fsp3) is 0.562. The number of likely N-dealkylation sites (N-methyl/N-ethyl adjacent to an activating group) is 1. The second-order valence-corrected chi connectivity index (χ2v) is 7.78. The first kappa shape index (κ1) is 19.6. The number of rotatable bonds is 10. The Morgan fingerprint density at radius 1 is 1.09 bits per heavy atom. The first-order valence-electron chi connectivity index (χ1n) is 7.69. The van der Waals surface area contributed by atoms with Crippen LogP contribution in [0.5, 0.6) is 0 Å². The summed E-state index contributed by atoms with van der Waals surface area (Å²) in [5, 5.41) is 2.79. The minimum absolute atomic E-state index is 0.125. The smallest absolute Gasteiger partial charge is 0.221 e. The van der Waals surface area contributed by atoms with E-state index >= 15 is 0 Å². The SMILES string of the molecule is CN(C)CCNC(=O)CCN(CCc1ccccc1)S(C)(=O)=O. The fourth-order valence-electron chi connectivity index (χ4n) is 2.08. The molecule has 23 heavy (non-hydrogen) atoms. The molecule has 0 spiro atoms. The number of nitrogens with one attached hydrogen (secondary N) is 1. The van der Waals surface area contributed by atoms with Crippen LogP contribution in [0.3, 0.4) is 0 Å². The Balaban J connectivity index is 2.44. The van der Waals surface area contributed by atoms with Crippen LogP contribution >= 0.6 is 0 Å². The van der Waals surface area contributed by atoms with E-state index in [1.54, 1.807) is 0 Å². The van der Waals surface area contributed by atoms with Crippen LogP contribution in [0.2, 0.25) is 0 Å². The molecule has 1 aromatic carbocycles. The molecule has 0 aliphatic heterocycles. The molecule has 0 fully saturated rings. The molecule has 0 saturated carbocycles. The molecule has 1 aromatic rings. The monoisotopic (exact) mass is 341 g/mol. The molecule has 0 saturated heterocycles. The third-order valence-corrected chi connectivity index (χ3v) is 4.73. The van der Waals surface area contributed by atoms with E-state index in [2.05, 4.69) is 5.32 Å². The van der Waals surface area contributed by atoms with E-state index in [1.807, 2.05) is 49.3 Å². The molecular weight excluding hydrogens is 314 g/mol.